The normalized spacial score (nSPS) is 11.3. The summed E-state index contributed by atoms with van der Waals surface area (Å²) in [7, 11) is 5.72. The molecule has 0 radical (unpaired) electrons. The number of ether oxygens (including phenoxy) is 2. The summed E-state index contributed by atoms with van der Waals surface area (Å²) in [6.07, 6.45) is 0. The molecule has 8 heteroatoms. The van der Waals surface area contributed by atoms with Crippen molar-refractivity contribution in [2.75, 3.05) is 20.7 Å². The summed E-state index contributed by atoms with van der Waals surface area (Å²) in [5.74, 6) is -0.414. The van der Waals surface area contributed by atoms with E-state index in [1.54, 1.807) is 6.92 Å². The van der Waals surface area contributed by atoms with Crippen molar-refractivity contribution in [2.24, 2.45) is 7.05 Å². The summed E-state index contributed by atoms with van der Waals surface area (Å²) in [4.78, 5) is 26.3. The molecule has 1 aromatic heterocycles. The molecule has 0 aliphatic carbocycles. The lowest BCUT2D eigenvalue weighted by atomic mass is 10.0. The van der Waals surface area contributed by atoms with Gasteiger partial charge in [-0.1, -0.05) is 0 Å². The molecule has 0 saturated carbocycles. The van der Waals surface area contributed by atoms with E-state index in [4.69, 9.17) is 9.47 Å². The standard InChI is InChI=1S/C18H22Br2N2O4/c1-7-25-18(24)12-9(2)22(6)16-13(12)11(8-21(4)5)17(26-10(3)23)15(20)14(16)19/h7-8H2,1-6H3. The average molecular weight is 490 g/mol. The summed E-state index contributed by atoms with van der Waals surface area (Å²) in [6, 6.07) is 0. The van der Waals surface area contributed by atoms with Crippen LogP contribution in [0, 0.1) is 6.92 Å². The van der Waals surface area contributed by atoms with Crippen molar-refractivity contribution in [3.8, 4) is 5.75 Å². The number of aromatic nitrogens is 1. The van der Waals surface area contributed by atoms with Gasteiger partial charge >= 0.3 is 11.9 Å². The molecule has 0 spiro atoms. The Balaban J connectivity index is 3.01. The highest BCUT2D eigenvalue weighted by molar-refractivity contribution is 9.13. The molecular formula is C18H22Br2N2O4. The monoisotopic (exact) mass is 488 g/mol. The fraction of sp³-hybridized carbons (Fsp3) is 0.444. The van der Waals surface area contributed by atoms with E-state index < -0.39 is 11.9 Å². The fourth-order valence-electron chi connectivity index (χ4n) is 2.97. The lowest BCUT2D eigenvalue weighted by Crippen LogP contribution is -2.15. The number of hydrogen-bond acceptors (Lipinski definition) is 5. The first-order chi connectivity index (χ1) is 12.1. The predicted octanol–water partition coefficient (Wildman–Crippen LogP) is 4.18. The zero-order chi connectivity index (χ0) is 19.8. The fourth-order valence-corrected chi connectivity index (χ4v) is 4.13. The second-order valence-corrected chi connectivity index (χ2v) is 7.82. The van der Waals surface area contributed by atoms with Gasteiger partial charge in [-0.15, -0.1) is 0 Å². The van der Waals surface area contributed by atoms with E-state index in [0.717, 1.165) is 22.2 Å². The quantitative estimate of drug-likeness (QED) is 0.465. The van der Waals surface area contributed by atoms with Gasteiger partial charge in [0.25, 0.3) is 0 Å². The molecule has 0 N–H and O–H groups in total. The largest absolute Gasteiger partial charge is 0.462 e. The van der Waals surface area contributed by atoms with Crippen LogP contribution in [0.3, 0.4) is 0 Å². The zero-order valence-electron chi connectivity index (χ0n) is 15.7. The molecule has 0 fully saturated rings. The van der Waals surface area contributed by atoms with Gasteiger partial charge in [-0.2, -0.15) is 0 Å². The van der Waals surface area contributed by atoms with E-state index in [1.807, 2.05) is 37.5 Å². The maximum atomic E-state index is 12.7. The molecule has 0 unspecified atom stereocenters. The number of aryl methyl sites for hydroxylation is 1. The minimum absolute atomic E-state index is 0.284. The van der Waals surface area contributed by atoms with E-state index in [1.165, 1.54) is 6.92 Å². The minimum Gasteiger partial charge on any atom is -0.462 e. The molecule has 0 aliphatic rings. The molecule has 0 saturated heterocycles. The predicted molar refractivity (Wildman–Crippen MR) is 108 cm³/mol. The summed E-state index contributed by atoms with van der Waals surface area (Å²) < 4.78 is 14.1. The number of halogens is 2. The number of carbonyl (C=O) groups is 2. The summed E-state index contributed by atoms with van der Waals surface area (Å²) >= 11 is 7.12. The first-order valence-electron chi connectivity index (χ1n) is 8.10. The summed E-state index contributed by atoms with van der Waals surface area (Å²) in [6.45, 7) is 5.77. The zero-order valence-corrected chi connectivity index (χ0v) is 18.9. The third-order valence-electron chi connectivity index (χ3n) is 4.06. The molecule has 1 heterocycles. The summed E-state index contributed by atoms with van der Waals surface area (Å²) in [5.41, 5.74) is 2.86. The molecule has 0 bridgehead atoms. The molecule has 26 heavy (non-hydrogen) atoms. The Morgan fingerprint density at radius 2 is 1.81 bits per heavy atom. The lowest BCUT2D eigenvalue weighted by Gasteiger charge is -2.18. The van der Waals surface area contributed by atoms with Crippen molar-refractivity contribution in [2.45, 2.75) is 27.3 Å². The third-order valence-corrected chi connectivity index (χ3v) is 6.12. The van der Waals surface area contributed by atoms with Crippen molar-refractivity contribution < 1.29 is 19.1 Å². The smallest absolute Gasteiger partial charge is 0.340 e. The van der Waals surface area contributed by atoms with Crippen LogP contribution in [-0.4, -0.2) is 42.1 Å². The Morgan fingerprint density at radius 3 is 2.31 bits per heavy atom. The number of hydrogen-bond donors (Lipinski definition) is 0. The Labute approximate surface area is 169 Å². The van der Waals surface area contributed by atoms with Crippen LogP contribution >= 0.6 is 31.9 Å². The number of nitrogens with zero attached hydrogens (tertiary/aromatic N) is 2. The van der Waals surface area contributed by atoms with Gasteiger partial charge in [0, 0.05) is 37.2 Å². The SMILES string of the molecule is CCOC(=O)c1c(C)n(C)c2c(Br)c(Br)c(OC(C)=O)c(CN(C)C)c12. The first kappa shape index (κ1) is 20.9. The lowest BCUT2D eigenvalue weighted by molar-refractivity contribution is -0.132. The molecule has 142 valence electrons. The second-order valence-electron chi connectivity index (χ2n) is 6.23. The van der Waals surface area contributed by atoms with Gasteiger partial charge in [-0.25, -0.2) is 4.79 Å². The van der Waals surface area contributed by atoms with Crippen LogP contribution in [0.4, 0.5) is 0 Å². The molecule has 6 nitrogen and oxygen atoms in total. The van der Waals surface area contributed by atoms with E-state index in [0.29, 0.717) is 26.8 Å². The molecule has 0 aliphatic heterocycles. The van der Waals surface area contributed by atoms with Crippen LogP contribution in [0.1, 0.15) is 35.5 Å². The first-order valence-corrected chi connectivity index (χ1v) is 9.69. The number of rotatable bonds is 5. The second kappa shape index (κ2) is 8.10. The molecule has 0 amide bonds. The van der Waals surface area contributed by atoms with E-state index in [-0.39, 0.29) is 6.61 Å². The Bertz CT molecular complexity index is 888. The maximum Gasteiger partial charge on any atom is 0.340 e. The van der Waals surface area contributed by atoms with Crippen molar-refractivity contribution >= 4 is 54.7 Å². The van der Waals surface area contributed by atoms with Crippen molar-refractivity contribution in [1.82, 2.24) is 9.47 Å². The van der Waals surface area contributed by atoms with Gasteiger partial charge in [-0.05, 0) is 59.8 Å². The summed E-state index contributed by atoms with van der Waals surface area (Å²) in [5, 5.41) is 0.725. The van der Waals surface area contributed by atoms with E-state index in [9.17, 15) is 9.59 Å². The number of esters is 2. The van der Waals surface area contributed by atoms with Gasteiger partial charge in [0.05, 0.1) is 26.6 Å². The topological polar surface area (TPSA) is 60.8 Å². The average Bonchev–Trinajstić information content (AvgIpc) is 2.80. The van der Waals surface area contributed by atoms with Crippen LogP contribution < -0.4 is 4.74 Å². The van der Waals surface area contributed by atoms with E-state index in [2.05, 4.69) is 31.9 Å². The highest BCUT2D eigenvalue weighted by Crippen LogP contribution is 2.46. The molecular weight excluding hydrogens is 468 g/mol. The van der Waals surface area contributed by atoms with Gasteiger partial charge < -0.3 is 18.9 Å². The van der Waals surface area contributed by atoms with Gasteiger partial charge in [0.1, 0.15) is 0 Å². The Morgan fingerprint density at radius 1 is 1.19 bits per heavy atom. The number of benzene rings is 1. The molecule has 1 aromatic carbocycles. The third kappa shape index (κ3) is 3.68. The van der Waals surface area contributed by atoms with Gasteiger partial charge in [0.15, 0.2) is 5.75 Å². The molecule has 2 aromatic rings. The highest BCUT2D eigenvalue weighted by Gasteiger charge is 2.29. The van der Waals surface area contributed by atoms with Crippen molar-refractivity contribution in [3.05, 3.63) is 25.8 Å². The molecule has 0 atom stereocenters. The Hall–Kier alpha value is -1.38. The molecule has 2 rings (SSSR count). The van der Waals surface area contributed by atoms with Crippen LogP contribution in [-0.2, 0) is 23.1 Å². The Kier molecular flexibility index (Phi) is 6.52. The minimum atomic E-state index is -0.428. The van der Waals surface area contributed by atoms with Crippen molar-refractivity contribution in [1.29, 1.82) is 0 Å². The van der Waals surface area contributed by atoms with Crippen LogP contribution in [0.15, 0.2) is 8.95 Å². The maximum absolute atomic E-state index is 12.7. The van der Waals surface area contributed by atoms with Gasteiger partial charge in [0.2, 0.25) is 0 Å². The van der Waals surface area contributed by atoms with Gasteiger partial charge in [-0.3, -0.25) is 4.79 Å². The van der Waals surface area contributed by atoms with Crippen LogP contribution in [0.5, 0.6) is 5.75 Å². The number of fused-ring (bicyclic) bond motifs is 1. The van der Waals surface area contributed by atoms with Crippen LogP contribution in [0.25, 0.3) is 10.9 Å². The highest BCUT2D eigenvalue weighted by atomic mass is 79.9. The van der Waals surface area contributed by atoms with Crippen molar-refractivity contribution in [3.63, 3.8) is 0 Å². The van der Waals surface area contributed by atoms with E-state index >= 15 is 0 Å². The van der Waals surface area contributed by atoms with Crippen LogP contribution in [0.2, 0.25) is 0 Å². The number of carbonyl (C=O) groups excluding carboxylic acids is 2.